The van der Waals surface area contributed by atoms with E-state index in [0.29, 0.717) is 6.54 Å². The molecule has 0 aliphatic carbocycles. The Kier molecular flexibility index (Phi) is 3.85. The van der Waals surface area contributed by atoms with E-state index in [1.54, 1.807) is 29.0 Å². The van der Waals surface area contributed by atoms with Crippen molar-refractivity contribution in [2.75, 3.05) is 6.54 Å². The summed E-state index contributed by atoms with van der Waals surface area (Å²) in [5.74, 6) is -1.04. The van der Waals surface area contributed by atoms with Crippen LogP contribution in [0.4, 0.5) is 0 Å². The molecule has 2 N–H and O–H groups in total. The topological polar surface area (TPSA) is 71.3 Å². The first-order valence-corrected chi connectivity index (χ1v) is 6.20. The first-order valence-electron chi connectivity index (χ1n) is 6.20. The maximum absolute atomic E-state index is 11.7. The van der Waals surface area contributed by atoms with Crippen molar-refractivity contribution in [1.82, 2.24) is 9.88 Å². The zero-order chi connectivity index (χ0) is 13.8. The van der Waals surface area contributed by atoms with Crippen LogP contribution in [0.15, 0.2) is 30.5 Å². The summed E-state index contributed by atoms with van der Waals surface area (Å²) in [7, 11) is 0. The van der Waals surface area contributed by atoms with Crippen LogP contribution >= 0.6 is 0 Å². The molecule has 0 spiro atoms. The highest BCUT2D eigenvalue weighted by atomic mass is 16.4. The average molecular weight is 260 g/mol. The van der Waals surface area contributed by atoms with E-state index in [-0.39, 0.29) is 18.0 Å². The molecule has 0 saturated heterocycles. The van der Waals surface area contributed by atoms with Crippen molar-refractivity contribution in [3.63, 3.8) is 0 Å². The van der Waals surface area contributed by atoms with E-state index in [0.717, 1.165) is 17.3 Å². The average Bonchev–Trinajstić information content (AvgIpc) is 2.78. The molecule has 19 heavy (non-hydrogen) atoms. The number of benzene rings is 1. The molecule has 5 nitrogen and oxygen atoms in total. The maximum Gasteiger partial charge on any atom is 0.335 e. The Hall–Kier alpha value is -2.30. The van der Waals surface area contributed by atoms with E-state index in [1.807, 2.05) is 13.0 Å². The highest BCUT2D eigenvalue weighted by Gasteiger charge is 2.09. The van der Waals surface area contributed by atoms with Crippen LogP contribution in [0, 0.1) is 0 Å². The standard InChI is InChI=1S/C14H16N2O3/c1-2-6-15-13(17)9-16-7-5-10-3-4-11(14(18)19)8-12(10)16/h3-5,7-8H,2,6,9H2,1H3,(H,15,17)(H,18,19). The molecule has 100 valence electrons. The third kappa shape index (κ3) is 2.93. The van der Waals surface area contributed by atoms with E-state index in [2.05, 4.69) is 5.32 Å². The van der Waals surface area contributed by atoms with E-state index in [9.17, 15) is 9.59 Å². The summed E-state index contributed by atoms with van der Waals surface area (Å²) in [6.45, 7) is 2.84. The van der Waals surface area contributed by atoms with Crippen molar-refractivity contribution >= 4 is 22.8 Å². The van der Waals surface area contributed by atoms with E-state index >= 15 is 0 Å². The number of nitrogens with zero attached hydrogens (tertiary/aromatic N) is 1. The highest BCUT2D eigenvalue weighted by molar-refractivity contribution is 5.93. The number of fused-ring (bicyclic) bond motifs is 1. The molecule has 0 fully saturated rings. The highest BCUT2D eigenvalue weighted by Crippen LogP contribution is 2.17. The zero-order valence-electron chi connectivity index (χ0n) is 10.7. The molecular formula is C14H16N2O3. The Morgan fingerprint density at radius 1 is 1.32 bits per heavy atom. The number of carbonyl (C=O) groups excluding carboxylic acids is 1. The quantitative estimate of drug-likeness (QED) is 0.862. The van der Waals surface area contributed by atoms with Crippen LogP contribution in [0.25, 0.3) is 10.9 Å². The fraction of sp³-hybridized carbons (Fsp3) is 0.286. The number of hydrogen-bond acceptors (Lipinski definition) is 2. The van der Waals surface area contributed by atoms with E-state index in [1.165, 1.54) is 0 Å². The number of carboxylic acids is 1. The fourth-order valence-electron chi connectivity index (χ4n) is 1.93. The minimum Gasteiger partial charge on any atom is -0.478 e. The lowest BCUT2D eigenvalue weighted by atomic mass is 10.1. The molecule has 0 aliphatic heterocycles. The molecule has 0 bridgehead atoms. The van der Waals surface area contributed by atoms with Crippen molar-refractivity contribution in [2.24, 2.45) is 0 Å². The van der Waals surface area contributed by atoms with Crippen molar-refractivity contribution < 1.29 is 14.7 Å². The third-order valence-corrected chi connectivity index (χ3v) is 2.91. The second-order valence-electron chi connectivity index (χ2n) is 4.37. The van der Waals surface area contributed by atoms with Gasteiger partial charge in [0, 0.05) is 18.3 Å². The van der Waals surface area contributed by atoms with Crippen molar-refractivity contribution in [1.29, 1.82) is 0 Å². The van der Waals surface area contributed by atoms with Crippen LogP contribution in [0.5, 0.6) is 0 Å². The molecule has 1 aromatic heterocycles. The van der Waals surface area contributed by atoms with Gasteiger partial charge in [-0.05, 0) is 30.0 Å². The van der Waals surface area contributed by atoms with Gasteiger partial charge in [-0.25, -0.2) is 4.79 Å². The van der Waals surface area contributed by atoms with Gasteiger partial charge in [-0.1, -0.05) is 13.0 Å². The van der Waals surface area contributed by atoms with Gasteiger partial charge in [0.25, 0.3) is 0 Å². The molecular weight excluding hydrogens is 244 g/mol. The molecule has 0 aliphatic rings. The second-order valence-corrected chi connectivity index (χ2v) is 4.37. The molecule has 2 rings (SSSR count). The molecule has 0 atom stereocenters. The summed E-state index contributed by atoms with van der Waals surface area (Å²) in [5, 5.41) is 12.7. The summed E-state index contributed by atoms with van der Waals surface area (Å²) < 4.78 is 1.76. The van der Waals surface area contributed by atoms with Gasteiger partial charge in [0.05, 0.1) is 5.56 Å². The zero-order valence-corrected chi connectivity index (χ0v) is 10.7. The number of rotatable bonds is 5. The Morgan fingerprint density at radius 3 is 2.79 bits per heavy atom. The normalized spacial score (nSPS) is 10.6. The Bertz CT molecular complexity index is 616. The first kappa shape index (κ1) is 13.1. The molecule has 1 heterocycles. The van der Waals surface area contributed by atoms with Gasteiger partial charge in [-0.15, -0.1) is 0 Å². The molecule has 0 saturated carbocycles. The number of hydrogen-bond donors (Lipinski definition) is 2. The minimum atomic E-state index is -0.968. The summed E-state index contributed by atoms with van der Waals surface area (Å²) in [6.07, 6.45) is 2.68. The van der Waals surface area contributed by atoms with Crippen LogP contribution in [0.2, 0.25) is 0 Å². The summed E-state index contributed by atoms with van der Waals surface area (Å²) in [5.41, 5.74) is 0.980. The SMILES string of the molecule is CCCNC(=O)Cn1ccc2ccc(C(=O)O)cc21. The molecule has 2 aromatic rings. The van der Waals surface area contributed by atoms with Crippen LogP contribution in [0.1, 0.15) is 23.7 Å². The monoisotopic (exact) mass is 260 g/mol. The Labute approximate surface area is 110 Å². The molecule has 1 aromatic carbocycles. The minimum absolute atomic E-state index is 0.0694. The second kappa shape index (κ2) is 5.56. The Balaban J connectivity index is 2.25. The summed E-state index contributed by atoms with van der Waals surface area (Å²) >= 11 is 0. The van der Waals surface area contributed by atoms with Crippen molar-refractivity contribution in [2.45, 2.75) is 19.9 Å². The number of aromatic carboxylic acids is 1. The van der Waals surface area contributed by atoms with Gasteiger partial charge < -0.3 is 15.0 Å². The fourth-order valence-corrected chi connectivity index (χ4v) is 1.93. The predicted octanol–water partition coefficient (Wildman–Crippen LogP) is 1.87. The lowest BCUT2D eigenvalue weighted by Crippen LogP contribution is -2.27. The van der Waals surface area contributed by atoms with Crippen molar-refractivity contribution in [3.8, 4) is 0 Å². The molecule has 1 amide bonds. The van der Waals surface area contributed by atoms with Gasteiger partial charge in [0.15, 0.2) is 0 Å². The number of carboxylic acid groups (broad SMARTS) is 1. The van der Waals surface area contributed by atoms with Crippen LogP contribution < -0.4 is 5.32 Å². The third-order valence-electron chi connectivity index (χ3n) is 2.91. The van der Waals surface area contributed by atoms with Gasteiger partial charge in [0.2, 0.25) is 5.91 Å². The summed E-state index contributed by atoms with van der Waals surface area (Å²) in [4.78, 5) is 22.6. The number of carbonyl (C=O) groups is 2. The predicted molar refractivity (Wildman–Crippen MR) is 72.2 cm³/mol. The molecule has 0 radical (unpaired) electrons. The number of amides is 1. The van der Waals surface area contributed by atoms with E-state index in [4.69, 9.17) is 5.11 Å². The van der Waals surface area contributed by atoms with Gasteiger partial charge in [0.1, 0.15) is 6.54 Å². The molecule has 0 unspecified atom stereocenters. The maximum atomic E-state index is 11.7. The van der Waals surface area contributed by atoms with Crippen LogP contribution in [-0.4, -0.2) is 28.1 Å². The van der Waals surface area contributed by atoms with Gasteiger partial charge in [-0.3, -0.25) is 4.79 Å². The number of aromatic nitrogens is 1. The van der Waals surface area contributed by atoms with E-state index < -0.39 is 5.97 Å². The molecule has 5 heteroatoms. The largest absolute Gasteiger partial charge is 0.478 e. The van der Waals surface area contributed by atoms with Crippen molar-refractivity contribution in [3.05, 3.63) is 36.0 Å². The van der Waals surface area contributed by atoms with Gasteiger partial charge in [-0.2, -0.15) is 0 Å². The summed E-state index contributed by atoms with van der Waals surface area (Å²) in [6, 6.07) is 6.77. The number of nitrogens with one attached hydrogen (secondary N) is 1. The van der Waals surface area contributed by atoms with Crippen LogP contribution in [0.3, 0.4) is 0 Å². The Morgan fingerprint density at radius 2 is 2.11 bits per heavy atom. The van der Waals surface area contributed by atoms with Crippen LogP contribution in [-0.2, 0) is 11.3 Å². The first-order chi connectivity index (χ1) is 9.11. The smallest absolute Gasteiger partial charge is 0.335 e. The van der Waals surface area contributed by atoms with Gasteiger partial charge >= 0.3 is 5.97 Å². The lowest BCUT2D eigenvalue weighted by Gasteiger charge is -2.06. The lowest BCUT2D eigenvalue weighted by molar-refractivity contribution is -0.121.